The molecule has 0 aromatic carbocycles. The Bertz CT molecular complexity index is 509. The standard InChI is InChI=1S/C15H26N2O2.C2HF3O2/c1-10(2)7-17-8-12-6-13(14(9-17)19-12)15(18)16-11-4-3-5-11;3-2(4,5)1(6)7/h10-14H,3-9H2,1-2H3,(H,16,18);(H,6,7)/t12-,13+,14-;/m1./s1. The first kappa shape index (κ1) is 21.0. The summed E-state index contributed by atoms with van der Waals surface area (Å²) in [6.45, 7) is 7.54. The quantitative estimate of drug-likeness (QED) is 0.780. The van der Waals surface area contributed by atoms with Gasteiger partial charge in [-0.3, -0.25) is 9.69 Å². The first-order valence-corrected chi connectivity index (χ1v) is 9.04. The zero-order valence-corrected chi connectivity index (χ0v) is 15.1. The molecule has 1 aliphatic carbocycles. The van der Waals surface area contributed by atoms with Gasteiger partial charge in [-0.1, -0.05) is 13.8 Å². The Hall–Kier alpha value is -1.35. The Kier molecular flexibility index (Phi) is 6.90. The number of fused-ring (bicyclic) bond motifs is 2. The third kappa shape index (κ3) is 5.84. The molecule has 2 heterocycles. The van der Waals surface area contributed by atoms with E-state index >= 15 is 0 Å². The predicted molar refractivity (Wildman–Crippen MR) is 87.5 cm³/mol. The summed E-state index contributed by atoms with van der Waals surface area (Å²) >= 11 is 0. The highest BCUT2D eigenvalue weighted by molar-refractivity contribution is 5.80. The number of nitrogens with zero attached hydrogens (tertiary/aromatic N) is 1. The molecule has 6 nitrogen and oxygen atoms in total. The molecule has 1 amide bonds. The SMILES string of the molecule is CC(C)CN1C[C@H]2C[C@H](C(=O)NC3CCC3)[C@@H](C1)O2.O=C(O)C(F)(F)F. The van der Waals surface area contributed by atoms with Crippen LogP contribution in [0.3, 0.4) is 0 Å². The molecule has 0 spiro atoms. The van der Waals surface area contributed by atoms with E-state index < -0.39 is 12.1 Å². The number of aliphatic carboxylic acids is 1. The number of hydrogen-bond acceptors (Lipinski definition) is 4. The summed E-state index contributed by atoms with van der Waals surface area (Å²) in [4.78, 5) is 23.7. The minimum atomic E-state index is -5.08. The maximum absolute atomic E-state index is 12.3. The van der Waals surface area contributed by atoms with Crippen molar-refractivity contribution < 1.29 is 32.6 Å². The number of hydrogen-bond donors (Lipinski definition) is 2. The molecule has 3 fully saturated rings. The highest BCUT2D eigenvalue weighted by atomic mass is 19.4. The number of nitrogens with one attached hydrogen (secondary N) is 1. The summed E-state index contributed by atoms with van der Waals surface area (Å²) in [7, 11) is 0. The monoisotopic (exact) mass is 380 g/mol. The minimum absolute atomic E-state index is 0.0859. The smallest absolute Gasteiger partial charge is 0.475 e. The molecule has 0 aromatic rings. The van der Waals surface area contributed by atoms with E-state index in [-0.39, 0.29) is 24.0 Å². The molecule has 3 rings (SSSR count). The Morgan fingerprint density at radius 2 is 1.88 bits per heavy atom. The van der Waals surface area contributed by atoms with Crippen LogP contribution in [0, 0.1) is 11.8 Å². The van der Waals surface area contributed by atoms with E-state index in [1.165, 1.54) is 6.42 Å². The zero-order chi connectivity index (χ0) is 19.5. The minimum Gasteiger partial charge on any atom is -0.475 e. The van der Waals surface area contributed by atoms with E-state index in [1.807, 2.05) is 0 Å². The van der Waals surface area contributed by atoms with E-state index in [1.54, 1.807) is 0 Å². The van der Waals surface area contributed by atoms with Gasteiger partial charge in [0.05, 0.1) is 18.1 Å². The van der Waals surface area contributed by atoms with Gasteiger partial charge in [-0.2, -0.15) is 13.2 Å². The van der Waals surface area contributed by atoms with Gasteiger partial charge in [0.25, 0.3) is 0 Å². The van der Waals surface area contributed by atoms with Crippen LogP contribution in [-0.4, -0.2) is 65.9 Å². The third-order valence-corrected chi connectivity index (χ3v) is 4.89. The van der Waals surface area contributed by atoms with Crippen molar-refractivity contribution in [1.29, 1.82) is 0 Å². The van der Waals surface area contributed by atoms with Crippen molar-refractivity contribution >= 4 is 11.9 Å². The molecule has 9 heteroatoms. The maximum Gasteiger partial charge on any atom is 0.490 e. The first-order chi connectivity index (χ1) is 12.1. The Morgan fingerprint density at radius 3 is 2.35 bits per heavy atom. The van der Waals surface area contributed by atoms with Crippen molar-refractivity contribution in [2.45, 2.75) is 64.0 Å². The van der Waals surface area contributed by atoms with Crippen molar-refractivity contribution in [2.24, 2.45) is 11.8 Å². The second kappa shape index (κ2) is 8.56. The molecular weight excluding hydrogens is 353 g/mol. The molecule has 2 aliphatic heterocycles. The third-order valence-electron chi connectivity index (χ3n) is 4.89. The van der Waals surface area contributed by atoms with Gasteiger partial charge in [-0.05, 0) is 31.6 Å². The number of likely N-dealkylation sites (tertiary alicyclic amines) is 1. The van der Waals surface area contributed by atoms with E-state index in [4.69, 9.17) is 14.6 Å². The van der Waals surface area contributed by atoms with E-state index in [9.17, 15) is 18.0 Å². The molecule has 1 saturated carbocycles. The Labute approximate surface area is 151 Å². The first-order valence-electron chi connectivity index (χ1n) is 9.04. The molecule has 0 radical (unpaired) electrons. The fourth-order valence-corrected chi connectivity index (χ4v) is 3.54. The molecule has 2 N–H and O–H groups in total. The molecular formula is C17H27F3N2O4. The van der Waals surface area contributed by atoms with Gasteiger partial charge >= 0.3 is 12.1 Å². The van der Waals surface area contributed by atoms with Crippen molar-refractivity contribution in [3.8, 4) is 0 Å². The lowest BCUT2D eigenvalue weighted by Crippen LogP contribution is -2.48. The molecule has 0 aromatic heterocycles. The van der Waals surface area contributed by atoms with Crippen LogP contribution in [0.5, 0.6) is 0 Å². The number of halogens is 3. The van der Waals surface area contributed by atoms with E-state index in [0.717, 1.165) is 38.9 Å². The van der Waals surface area contributed by atoms with Crippen molar-refractivity contribution in [3.05, 3.63) is 0 Å². The molecule has 2 saturated heterocycles. The number of alkyl halides is 3. The lowest BCUT2D eigenvalue weighted by Gasteiger charge is -2.34. The van der Waals surface area contributed by atoms with Gasteiger partial charge in [0.1, 0.15) is 0 Å². The van der Waals surface area contributed by atoms with Gasteiger partial charge in [0, 0.05) is 25.7 Å². The van der Waals surface area contributed by atoms with Crippen LogP contribution in [0.4, 0.5) is 13.2 Å². The van der Waals surface area contributed by atoms with Gasteiger partial charge in [0.15, 0.2) is 0 Å². The molecule has 150 valence electrons. The fourth-order valence-electron chi connectivity index (χ4n) is 3.54. The van der Waals surface area contributed by atoms with Crippen LogP contribution in [0.15, 0.2) is 0 Å². The van der Waals surface area contributed by atoms with Crippen molar-refractivity contribution in [2.75, 3.05) is 19.6 Å². The number of amides is 1. The average Bonchev–Trinajstić information content (AvgIpc) is 2.76. The van der Waals surface area contributed by atoms with Crippen LogP contribution < -0.4 is 5.32 Å². The summed E-state index contributed by atoms with van der Waals surface area (Å²) < 4.78 is 37.7. The molecule has 26 heavy (non-hydrogen) atoms. The Balaban J connectivity index is 0.000000298. The maximum atomic E-state index is 12.3. The van der Waals surface area contributed by atoms with Gasteiger partial charge in [-0.15, -0.1) is 0 Å². The fraction of sp³-hybridized carbons (Fsp3) is 0.882. The Morgan fingerprint density at radius 1 is 1.27 bits per heavy atom. The van der Waals surface area contributed by atoms with Crippen molar-refractivity contribution in [1.82, 2.24) is 10.2 Å². The van der Waals surface area contributed by atoms with Gasteiger partial charge < -0.3 is 15.2 Å². The summed E-state index contributed by atoms with van der Waals surface area (Å²) in [5.41, 5.74) is 0. The highest BCUT2D eigenvalue weighted by Crippen LogP contribution is 2.33. The number of carboxylic acid groups (broad SMARTS) is 1. The molecule has 0 unspecified atom stereocenters. The summed E-state index contributed by atoms with van der Waals surface area (Å²) in [5, 5.41) is 10.3. The topological polar surface area (TPSA) is 78.9 Å². The molecule has 3 atom stereocenters. The normalized spacial score (nSPS) is 28.9. The predicted octanol–water partition coefficient (Wildman–Crippen LogP) is 2.03. The number of carboxylic acids is 1. The largest absolute Gasteiger partial charge is 0.490 e. The number of ether oxygens (including phenoxy) is 1. The number of carbonyl (C=O) groups is 2. The van der Waals surface area contributed by atoms with E-state index in [2.05, 4.69) is 24.1 Å². The molecule has 3 aliphatic rings. The number of rotatable bonds is 4. The average molecular weight is 380 g/mol. The second-order valence-corrected chi connectivity index (χ2v) is 7.69. The van der Waals surface area contributed by atoms with Crippen LogP contribution in [-0.2, 0) is 14.3 Å². The molecule has 2 bridgehead atoms. The number of carbonyl (C=O) groups excluding carboxylic acids is 1. The number of morpholine rings is 1. The lowest BCUT2D eigenvalue weighted by atomic mass is 9.91. The zero-order valence-electron chi connectivity index (χ0n) is 15.1. The summed E-state index contributed by atoms with van der Waals surface area (Å²) in [5.74, 6) is -1.75. The van der Waals surface area contributed by atoms with Crippen LogP contribution in [0.25, 0.3) is 0 Å². The summed E-state index contributed by atoms with van der Waals surface area (Å²) in [6.07, 6.45) is -0.190. The van der Waals surface area contributed by atoms with Crippen LogP contribution >= 0.6 is 0 Å². The van der Waals surface area contributed by atoms with E-state index in [0.29, 0.717) is 12.0 Å². The second-order valence-electron chi connectivity index (χ2n) is 7.69. The highest BCUT2D eigenvalue weighted by Gasteiger charge is 2.45. The van der Waals surface area contributed by atoms with Crippen LogP contribution in [0.2, 0.25) is 0 Å². The lowest BCUT2D eigenvalue weighted by molar-refractivity contribution is -0.192. The van der Waals surface area contributed by atoms with Crippen molar-refractivity contribution in [3.63, 3.8) is 0 Å². The summed E-state index contributed by atoms with van der Waals surface area (Å²) in [6, 6.07) is 0.444. The van der Waals surface area contributed by atoms with Gasteiger partial charge in [0.2, 0.25) is 5.91 Å². The van der Waals surface area contributed by atoms with Gasteiger partial charge in [-0.25, -0.2) is 4.79 Å². The van der Waals surface area contributed by atoms with Crippen LogP contribution in [0.1, 0.15) is 39.5 Å².